The van der Waals surface area contributed by atoms with Crippen LogP contribution in [0.15, 0.2) is 9.98 Å². The molecule has 0 unspecified atom stereocenters. The number of likely N-dealkylation sites (tertiary alicyclic amines) is 1. The van der Waals surface area contributed by atoms with Gasteiger partial charge in [-0.05, 0) is 39.5 Å². The quantitative estimate of drug-likeness (QED) is 0.807. The second-order valence-electron chi connectivity index (χ2n) is 8.35. The number of aliphatic hydroxyl groups excluding tert-OH is 1. The van der Waals surface area contributed by atoms with Gasteiger partial charge in [0.05, 0.1) is 20.3 Å². The molecule has 0 bridgehead atoms. The second-order valence-corrected chi connectivity index (χ2v) is 8.35. The fourth-order valence-electron chi connectivity index (χ4n) is 3.45. The minimum Gasteiger partial charge on any atom is -0.483 e. The van der Waals surface area contributed by atoms with Gasteiger partial charge in [0, 0.05) is 6.54 Å². The maximum atomic E-state index is 12.5. The molecule has 0 aliphatic carbocycles. The topological polar surface area (TPSA) is 93.0 Å². The van der Waals surface area contributed by atoms with Crippen LogP contribution in [0.3, 0.4) is 0 Å². The van der Waals surface area contributed by atoms with Crippen LogP contribution in [0.2, 0.25) is 0 Å². The molecule has 1 fully saturated rings. The van der Waals surface area contributed by atoms with Crippen molar-refractivity contribution < 1.29 is 24.1 Å². The Kier molecular flexibility index (Phi) is 6.72. The van der Waals surface area contributed by atoms with Gasteiger partial charge in [0.2, 0.25) is 11.8 Å². The van der Waals surface area contributed by atoms with E-state index in [9.17, 15) is 9.90 Å². The van der Waals surface area contributed by atoms with E-state index >= 15 is 0 Å². The summed E-state index contributed by atoms with van der Waals surface area (Å²) in [6.07, 6.45) is 0.0749. The second kappa shape index (κ2) is 8.46. The van der Waals surface area contributed by atoms with Gasteiger partial charge in [-0.3, -0.25) is 0 Å². The van der Waals surface area contributed by atoms with E-state index in [1.807, 2.05) is 34.6 Å². The molecule has 0 aromatic carbocycles. The molecule has 0 spiro atoms. The zero-order valence-corrected chi connectivity index (χ0v) is 17.4. The predicted octanol–water partition coefficient (Wildman–Crippen LogP) is 2.24. The predicted molar refractivity (Wildman–Crippen MR) is 103 cm³/mol. The number of carbonyl (C=O) groups excluding carboxylic acids is 1. The van der Waals surface area contributed by atoms with Gasteiger partial charge in [0.15, 0.2) is 6.04 Å². The van der Waals surface area contributed by atoms with Crippen LogP contribution in [0.25, 0.3) is 0 Å². The number of aliphatic hydroxyl groups is 1. The summed E-state index contributed by atoms with van der Waals surface area (Å²) in [5.74, 6) is 1.01. The van der Waals surface area contributed by atoms with Crippen LogP contribution in [0.5, 0.6) is 0 Å². The van der Waals surface area contributed by atoms with Crippen LogP contribution >= 0.6 is 0 Å². The van der Waals surface area contributed by atoms with Gasteiger partial charge in [-0.2, -0.15) is 0 Å². The molecule has 2 aliphatic rings. The summed E-state index contributed by atoms with van der Waals surface area (Å²) < 4.78 is 16.3. The monoisotopic (exact) mass is 383 g/mol. The van der Waals surface area contributed by atoms with Crippen molar-refractivity contribution in [1.82, 2.24) is 4.90 Å². The Balaban J connectivity index is 2.24. The third-order valence-corrected chi connectivity index (χ3v) is 4.73. The highest BCUT2D eigenvalue weighted by molar-refractivity contribution is 5.94. The van der Waals surface area contributed by atoms with Crippen LogP contribution in [-0.2, 0) is 14.2 Å². The van der Waals surface area contributed by atoms with Gasteiger partial charge in [0.1, 0.15) is 17.7 Å². The zero-order valence-electron chi connectivity index (χ0n) is 17.4. The van der Waals surface area contributed by atoms with Crippen molar-refractivity contribution in [3.8, 4) is 0 Å². The Morgan fingerprint density at radius 1 is 1.15 bits per heavy atom. The minimum absolute atomic E-state index is 0.177. The highest BCUT2D eigenvalue weighted by Gasteiger charge is 2.43. The number of rotatable bonds is 3. The Morgan fingerprint density at radius 2 is 1.70 bits per heavy atom. The molecule has 154 valence electrons. The number of aliphatic imine (C=N–C) groups is 2. The van der Waals surface area contributed by atoms with E-state index in [2.05, 4.69) is 9.98 Å². The molecule has 0 aromatic rings. The highest BCUT2D eigenvalue weighted by atomic mass is 16.6. The molecule has 1 amide bonds. The van der Waals surface area contributed by atoms with Gasteiger partial charge in [-0.1, -0.05) is 13.8 Å². The van der Waals surface area contributed by atoms with Crippen LogP contribution < -0.4 is 0 Å². The summed E-state index contributed by atoms with van der Waals surface area (Å²) in [5.41, 5.74) is -0.592. The van der Waals surface area contributed by atoms with Crippen molar-refractivity contribution in [2.24, 2.45) is 15.9 Å². The molecule has 1 saturated heterocycles. The third kappa shape index (κ3) is 4.91. The van der Waals surface area contributed by atoms with Crippen molar-refractivity contribution in [3.63, 3.8) is 0 Å². The molecule has 2 rings (SSSR count). The van der Waals surface area contributed by atoms with E-state index in [4.69, 9.17) is 14.2 Å². The zero-order chi connectivity index (χ0) is 20.4. The summed E-state index contributed by atoms with van der Waals surface area (Å²) in [6, 6.07) is -1.38. The van der Waals surface area contributed by atoms with Crippen molar-refractivity contribution in [2.75, 3.05) is 20.8 Å². The van der Waals surface area contributed by atoms with Gasteiger partial charge < -0.3 is 24.2 Å². The molecular formula is C19H33N3O5. The first-order chi connectivity index (χ1) is 12.6. The fraction of sp³-hybridized carbons (Fsp3) is 0.842. The lowest BCUT2D eigenvalue weighted by Crippen LogP contribution is -2.52. The minimum atomic E-state index is -0.961. The van der Waals surface area contributed by atoms with Crippen LogP contribution in [0, 0.1) is 5.92 Å². The smallest absolute Gasteiger partial charge is 0.410 e. The summed E-state index contributed by atoms with van der Waals surface area (Å²) in [6.45, 7) is 10.1. The van der Waals surface area contributed by atoms with Gasteiger partial charge in [-0.25, -0.2) is 14.8 Å². The summed E-state index contributed by atoms with van der Waals surface area (Å²) in [5, 5.41) is 11.1. The fourth-order valence-corrected chi connectivity index (χ4v) is 3.45. The van der Waals surface area contributed by atoms with Gasteiger partial charge >= 0.3 is 6.09 Å². The molecule has 1 N–H and O–H groups in total. The van der Waals surface area contributed by atoms with E-state index < -0.39 is 29.9 Å². The molecule has 2 heterocycles. The van der Waals surface area contributed by atoms with Crippen LogP contribution in [-0.4, -0.2) is 78.5 Å². The van der Waals surface area contributed by atoms with Crippen LogP contribution in [0.1, 0.15) is 47.5 Å². The van der Waals surface area contributed by atoms with E-state index in [1.54, 1.807) is 12.0 Å². The van der Waals surface area contributed by atoms with E-state index in [-0.39, 0.29) is 12.0 Å². The summed E-state index contributed by atoms with van der Waals surface area (Å²) >= 11 is 0. The number of hydrogen-bond donors (Lipinski definition) is 1. The molecule has 2 aliphatic heterocycles. The van der Waals surface area contributed by atoms with Gasteiger partial charge in [0.25, 0.3) is 0 Å². The number of amides is 1. The van der Waals surface area contributed by atoms with Crippen molar-refractivity contribution >= 4 is 17.9 Å². The Labute approximate surface area is 161 Å². The van der Waals surface area contributed by atoms with Crippen molar-refractivity contribution in [1.29, 1.82) is 0 Å². The lowest BCUT2D eigenvalue weighted by atomic mass is 9.97. The first-order valence-electron chi connectivity index (χ1n) is 9.50. The number of methoxy groups -OCH3 is 2. The normalized spacial score (nSPS) is 27.1. The molecule has 0 radical (unpaired) electrons. The van der Waals surface area contributed by atoms with E-state index in [0.717, 1.165) is 6.42 Å². The standard InChI is InChI=1S/C19H33N3O5/c1-11(2)13-16(25-6)21-14(17(20-13)26-7)15(23)12-9-8-10-22(12)18(24)27-19(3,4)5/h11-15,23H,8-10H2,1-7H3/t12-,13+,14-,15-/m0/s1. The SMILES string of the molecule is COC1=N[C@H](C(C)C)C(OC)=N[C@H]1[C@@H](O)[C@@H]1CCCN1C(=O)OC(C)(C)C. The van der Waals surface area contributed by atoms with E-state index in [1.165, 1.54) is 7.11 Å². The van der Waals surface area contributed by atoms with E-state index in [0.29, 0.717) is 24.8 Å². The average molecular weight is 383 g/mol. The number of nitrogens with zero attached hydrogens (tertiary/aromatic N) is 3. The molecule has 0 aromatic heterocycles. The Morgan fingerprint density at radius 3 is 2.22 bits per heavy atom. The molecule has 8 heteroatoms. The summed E-state index contributed by atoms with van der Waals surface area (Å²) in [4.78, 5) is 23.3. The number of carbonyl (C=O) groups is 1. The lowest BCUT2D eigenvalue weighted by molar-refractivity contribution is 0.00324. The Bertz CT molecular complexity index is 597. The summed E-state index contributed by atoms with van der Waals surface area (Å²) in [7, 11) is 3.07. The lowest BCUT2D eigenvalue weighted by Gasteiger charge is -2.35. The molecule has 4 atom stereocenters. The largest absolute Gasteiger partial charge is 0.483 e. The molecule has 0 saturated carbocycles. The molecule has 27 heavy (non-hydrogen) atoms. The highest BCUT2D eigenvalue weighted by Crippen LogP contribution is 2.28. The van der Waals surface area contributed by atoms with Crippen molar-refractivity contribution in [2.45, 2.75) is 77.3 Å². The Hall–Kier alpha value is -1.83. The van der Waals surface area contributed by atoms with Crippen molar-refractivity contribution in [3.05, 3.63) is 0 Å². The molecule has 8 nitrogen and oxygen atoms in total. The first-order valence-corrected chi connectivity index (χ1v) is 9.50. The average Bonchev–Trinajstić information content (AvgIpc) is 3.08. The van der Waals surface area contributed by atoms with Crippen LogP contribution in [0.4, 0.5) is 4.79 Å². The number of ether oxygens (including phenoxy) is 3. The molecular weight excluding hydrogens is 350 g/mol. The third-order valence-electron chi connectivity index (χ3n) is 4.73. The number of hydrogen-bond acceptors (Lipinski definition) is 7. The maximum Gasteiger partial charge on any atom is 0.410 e. The first kappa shape index (κ1) is 21.5. The maximum absolute atomic E-state index is 12.5. The van der Waals surface area contributed by atoms with Gasteiger partial charge in [-0.15, -0.1) is 0 Å².